The summed E-state index contributed by atoms with van der Waals surface area (Å²) >= 11 is 0. The summed E-state index contributed by atoms with van der Waals surface area (Å²) in [5.41, 5.74) is 1.01. The van der Waals surface area contributed by atoms with Crippen LogP contribution in [0.1, 0.15) is 25.3 Å². The fourth-order valence-electron chi connectivity index (χ4n) is 1.82. The Morgan fingerprint density at radius 3 is 2.83 bits per heavy atom. The first-order chi connectivity index (χ1) is 8.81. The van der Waals surface area contributed by atoms with Gasteiger partial charge < -0.3 is 5.11 Å². The Morgan fingerprint density at radius 2 is 2.00 bits per heavy atom. The maximum atomic E-state index is 9.52. The third-order valence-corrected chi connectivity index (χ3v) is 2.84. The van der Waals surface area contributed by atoms with Crippen LogP contribution in [0.25, 0.3) is 10.8 Å². The highest BCUT2D eigenvalue weighted by molar-refractivity contribution is 5.86. The molecule has 0 aliphatic carbocycles. The number of fused-ring (bicyclic) bond motifs is 1. The minimum atomic E-state index is 0.266. The van der Waals surface area contributed by atoms with Crippen molar-refractivity contribution in [2.75, 3.05) is 6.61 Å². The van der Waals surface area contributed by atoms with Crippen LogP contribution >= 0.6 is 0 Å². The van der Waals surface area contributed by atoms with Gasteiger partial charge in [-0.2, -0.15) is 0 Å². The van der Waals surface area contributed by atoms with Crippen LogP contribution in [0.15, 0.2) is 36.4 Å². The molecule has 0 saturated heterocycles. The second-order valence-electron chi connectivity index (χ2n) is 4.26. The third kappa shape index (κ3) is 3.22. The van der Waals surface area contributed by atoms with Crippen molar-refractivity contribution in [2.45, 2.75) is 26.4 Å². The fraction of sp³-hybridized carbons (Fsp3) is 0.333. The predicted molar refractivity (Wildman–Crippen MR) is 71.3 cm³/mol. The number of hydrogen-bond acceptors (Lipinski definition) is 3. The van der Waals surface area contributed by atoms with Gasteiger partial charge in [-0.3, -0.25) is 0 Å². The average molecular weight is 246 g/mol. The molecule has 18 heavy (non-hydrogen) atoms. The van der Waals surface area contributed by atoms with Gasteiger partial charge in [0.1, 0.15) is 12.4 Å². The van der Waals surface area contributed by atoms with Gasteiger partial charge in [-0.1, -0.05) is 37.6 Å². The van der Waals surface area contributed by atoms with Gasteiger partial charge in [0.15, 0.2) is 0 Å². The summed E-state index contributed by atoms with van der Waals surface area (Å²) < 4.78 is 0. The van der Waals surface area contributed by atoms with Gasteiger partial charge in [0.25, 0.3) is 0 Å². The number of hydrogen-bond donors (Lipinski definition) is 1. The summed E-state index contributed by atoms with van der Waals surface area (Å²) in [6.45, 7) is 3.12. The highest BCUT2D eigenvalue weighted by Gasteiger charge is 2.02. The summed E-state index contributed by atoms with van der Waals surface area (Å²) in [5.74, 6) is 0.266. The molecule has 0 amide bonds. The highest BCUT2D eigenvalue weighted by Crippen LogP contribution is 2.23. The Hall–Kier alpha value is -1.58. The molecular formula is C15H18O3. The topological polar surface area (TPSA) is 38.7 Å². The second kappa shape index (κ2) is 6.38. The Balaban J connectivity index is 2.05. The quantitative estimate of drug-likeness (QED) is 0.478. The first-order valence-electron chi connectivity index (χ1n) is 6.26. The number of phenols is 1. The van der Waals surface area contributed by atoms with Gasteiger partial charge in [-0.25, -0.2) is 9.78 Å². The molecule has 96 valence electrons. The first-order valence-corrected chi connectivity index (χ1v) is 6.26. The number of phenolic OH excluding ortho intramolecular Hbond substituents is 1. The Morgan fingerprint density at radius 1 is 1.11 bits per heavy atom. The minimum Gasteiger partial charge on any atom is -0.508 e. The van der Waals surface area contributed by atoms with E-state index >= 15 is 0 Å². The van der Waals surface area contributed by atoms with Crippen LogP contribution in [0, 0.1) is 0 Å². The van der Waals surface area contributed by atoms with Gasteiger partial charge in [0.05, 0.1) is 6.61 Å². The maximum Gasteiger partial charge on any atom is 0.116 e. The van der Waals surface area contributed by atoms with E-state index in [1.165, 1.54) is 0 Å². The number of unbranched alkanes of at least 4 members (excludes halogenated alkanes) is 1. The zero-order valence-corrected chi connectivity index (χ0v) is 10.6. The minimum absolute atomic E-state index is 0.266. The molecule has 1 N–H and O–H groups in total. The molecule has 0 saturated carbocycles. The molecule has 0 bridgehead atoms. The van der Waals surface area contributed by atoms with Crippen molar-refractivity contribution in [3.05, 3.63) is 42.0 Å². The van der Waals surface area contributed by atoms with Crippen molar-refractivity contribution in [3.63, 3.8) is 0 Å². The van der Waals surface area contributed by atoms with Crippen molar-refractivity contribution in [2.24, 2.45) is 0 Å². The lowest BCUT2D eigenvalue weighted by Crippen LogP contribution is -1.97. The lowest BCUT2D eigenvalue weighted by atomic mass is 10.1. The lowest BCUT2D eigenvalue weighted by molar-refractivity contribution is -0.304. The molecule has 2 rings (SSSR count). The number of benzene rings is 2. The molecule has 3 nitrogen and oxygen atoms in total. The highest BCUT2D eigenvalue weighted by atomic mass is 17.2. The van der Waals surface area contributed by atoms with Gasteiger partial charge in [0, 0.05) is 0 Å². The molecule has 0 aliphatic rings. The van der Waals surface area contributed by atoms with Crippen molar-refractivity contribution in [3.8, 4) is 5.75 Å². The van der Waals surface area contributed by atoms with E-state index in [-0.39, 0.29) is 5.75 Å². The van der Waals surface area contributed by atoms with Crippen LogP contribution in [-0.2, 0) is 16.4 Å². The normalized spacial score (nSPS) is 10.9. The Bertz CT molecular complexity index is 508. The molecule has 0 radical (unpaired) electrons. The zero-order valence-electron chi connectivity index (χ0n) is 10.6. The predicted octanol–water partition coefficient (Wildman–Crippen LogP) is 3.79. The molecule has 0 unspecified atom stereocenters. The fourth-order valence-corrected chi connectivity index (χ4v) is 1.82. The maximum absolute atomic E-state index is 9.52. The molecule has 0 atom stereocenters. The summed E-state index contributed by atoms with van der Waals surface area (Å²) in [6, 6.07) is 11.3. The molecular weight excluding hydrogens is 228 g/mol. The molecule has 0 heterocycles. The number of rotatable bonds is 6. The second-order valence-corrected chi connectivity index (χ2v) is 4.26. The van der Waals surface area contributed by atoms with Crippen LogP contribution in [0.2, 0.25) is 0 Å². The average Bonchev–Trinajstić information content (AvgIpc) is 2.39. The number of aromatic hydroxyl groups is 1. The van der Waals surface area contributed by atoms with E-state index in [9.17, 15) is 5.11 Å². The van der Waals surface area contributed by atoms with E-state index in [1.54, 1.807) is 12.1 Å². The van der Waals surface area contributed by atoms with Crippen molar-refractivity contribution in [1.29, 1.82) is 0 Å². The van der Waals surface area contributed by atoms with Gasteiger partial charge >= 0.3 is 0 Å². The van der Waals surface area contributed by atoms with Crippen LogP contribution in [0.3, 0.4) is 0 Å². The van der Waals surface area contributed by atoms with E-state index in [0.717, 1.165) is 29.2 Å². The molecule has 0 aliphatic heterocycles. The molecule has 0 spiro atoms. The van der Waals surface area contributed by atoms with E-state index in [2.05, 4.69) is 6.92 Å². The summed E-state index contributed by atoms with van der Waals surface area (Å²) in [6.07, 6.45) is 2.09. The monoisotopic (exact) mass is 246 g/mol. The molecule has 2 aromatic carbocycles. The van der Waals surface area contributed by atoms with Gasteiger partial charge in [-0.05, 0) is 34.9 Å². The van der Waals surface area contributed by atoms with Gasteiger partial charge in [0.2, 0.25) is 0 Å². The third-order valence-electron chi connectivity index (χ3n) is 2.84. The van der Waals surface area contributed by atoms with Crippen LogP contribution < -0.4 is 0 Å². The standard InChI is InChI=1S/C15H18O3/c1-2-3-9-17-18-11-13-6-4-5-12-7-8-14(16)10-15(12)13/h4-8,10,16H,2-3,9,11H2,1H3. The SMILES string of the molecule is CCCCOOCc1cccc2ccc(O)cc12. The van der Waals surface area contributed by atoms with Crippen molar-refractivity contribution in [1.82, 2.24) is 0 Å². The molecule has 0 aromatic heterocycles. The summed E-state index contributed by atoms with van der Waals surface area (Å²) in [7, 11) is 0. The van der Waals surface area contributed by atoms with E-state index < -0.39 is 0 Å². The summed E-state index contributed by atoms with van der Waals surface area (Å²) in [5, 5.41) is 11.6. The zero-order chi connectivity index (χ0) is 12.8. The van der Waals surface area contributed by atoms with E-state index in [1.807, 2.05) is 24.3 Å². The smallest absolute Gasteiger partial charge is 0.116 e. The van der Waals surface area contributed by atoms with Crippen LogP contribution in [-0.4, -0.2) is 11.7 Å². The Labute approximate surface area is 107 Å². The largest absolute Gasteiger partial charge is 0.508 e. The molecule has 3 heteroatoms. The van der Waals surface area contributed by atoms with Crippen LogP contribution in [0.4, 0.5) is 0 Å². The Kier molecular flexibility index (Phi) is 4.56. The molecule has 2 aromatic rings. The van der Waals surface area contributed by atoms with E-state index in [0.29, 0.717) is 13.2 Å². The van der Waals surface area contributed by atoms with Crippen molar-refractivity contribution < 1.29 is 14.9 Å². The van der Waals surface area contributed by atoms with E-state index in [4.69, 9.17) is 9.78 Å². The van der Waals surface area contributed by atoms with Crippen molar-refractivity contribution >= 4 is 10.8 Å². The van der Waals surface area contributed by atoms with Gasteiger partial charge in [-0.15, -0.1) is 0 Å². The van der Waals surface area contributed by atoms with Crippen LogP contribution in [0.5, 0.6) is 5.75 Å². The lowest BCUT2D eigenvalue weighted by Gasteiger charge is -2.07. The summed E-state index contributed by atoms with van der Waals surface area (Å²) in [4.78, 5) is 10.3. The first kappa shape index (κ1) is 12.9. The molecule has 0 fully saturated rings.